The Hall–Kier alpha value is -1.02. The second kappa shape index (κ2) is 4.49. The summed E-state index contributed by atoms with van der Waals surface area (Å²) in [7, 11) is 0. The van der Waals surface area contributed by atoms with E-state index in [0.717, 1.165) is 48.0 Å². The highest BCUT2D eigenvalue weighted by Gasteiger charge is 2.51. The maximum Gasteiger partial charge on any atom is 0.128 e. The van der Waals surface area contributed by atoms with Crippen molar-refractivity contribution in [3.63, 3.8) is 0 Å². The Kier molecular flexibility index (Phi) is 2.67. The molecule has 1 aromatic rings. The van der Waals surface area contributed by atoms with Crippen molar-refractivity contribution in [2.45, 2.75) is 44.6 Å². The summed E-state index contributed by atoms with van der Waals surface area (Å²) < 4.78 is 5.83. The average Bonchev–Trinajstić information content (AvgIpc) is 2.94. The van der Waals surface area contributed by atoms with Crippen molar-refractivity contribution in [1.29, 1.82) is 0 Å². The van der Waals surface area contributed by atoms with E-state index >= 15 is 0 Å². The molecule has 0 aromatic heterocycles. The van der Waals surface area contributed by atoms with Crippen molar-refractivity contribution < 1.29 is 9.84 Å². The van der Waals surface area contributed by atoms with Crippen LogP contribution >= 0.6 is 0 Å². The lowest BCUT2D eigenvalue weighted by Gasteiger charge is -2.55. The number of fused-ring (bicyclic) bond motifs is 1. The largest absolute Gasteiger partial charge is 0.493 e. The third kappa shape index (κ3) is 1.81. The molecule has 0 spiro atoms. The molecule has 4 aliphatic carbocycles. The zero-order chi connectivity index (χ0) is 14.0. The summed E-state index contributed by atoms with van der Waals surface area (Å²) >= 11 is 0. The first-order valence-electron chi connectivity index (χ1n) is 8.72. The molecule has 2 nitrogen and oxygen atoms in total. The highest BCUT2D eigenvalue weighted by molar-refractivity contribution is 5.45. The number of aliphatic hydroxyl groups excluding tert-OH is 1. The summed E-state index contributed by atoms with van der Waals surface area (Å²) in [5, 5.41) is 11.1. The molecule has 1 aliphatic heterocycles. The molecule has 4 saturated carbocycles. The van der Waals surface area contributed by atoms with E-state index in [4.69, 9.17) is 4.74 Å². The van der Waals surface area contributed by atoms with Gasteiger partial charge in [-0.05, 0) is 67.3 Å². The lowest BCUT2D eigenvalue weighted by atomic mass is 9.50. The molecule has 1 atom stereocenters. The molecule has 1 N–H and O–H groups in total. The van der Waals surface area contributed by atoms with Gasteiger partial charge in [0.2, 0.25) is 0 Å². The fourth-order valence-corrected chi connectivity index (χ4v) is 6.16. The minimum absolute atomic E-state index is 0.312. The Morgan fingerprint density at radius 1 is 1.00 bits per heavy atom. The van der Waals surface area contributed by atoms with E-state index in [1.807, 2.05) is 0 Å². The van der Waals surface area contributed by atoms with Gasteiger partial charge in [-0.1, -0.05) is 18.2 Å². The Labute approximate surface area is 126 Å². The number of aliphatic hydroxyl groups is 1. The highest BCUT2D eigenvalue weighted by Crippen LogP contribution is 2.59. The number of ether oxygens (including phenoxy) is 1. The van der Waals surface area contributed by atoms with Gasteiger partial charge in [-0.2, -0.15) is 0 Å². The molecular weight excluding hydrogens is 260 g/mol. The molecule has 2 heteroatoms. The third-order valence-corrected chi connectivity index (χ3v) is 6.73. The zero-order valence-corrected chi connectivity index (χ0v) is 12.5. The minimum Gasteiger partial charge on any atom is -0.493 e. The van der Waals surface area contributed by atoms with E-state index < -0.39 is 0 Å². The third-order valence-electron chi connectivity index (χ3n) is 6.73. The van der Waals surface area contributed by atoms with E-state index in [2.05, 4.69) is 18.2 Å². The SMILES string of the molecule is OC(c1cccc2c1OCC2)C1C2CC3CC(C2)CC1C3. The Morgan fingerprint density at radius 3 is 2.43 bits per heavy atom. The van der Waals surface area contributed by atoms with Crippen LogP contribution in [0.3, 0.4) is 0 Å². The van der Waals surface area contributed by atoms with Crippen molar-refractivity contribution >= 4 is 0 Å². The molecule has 1 aromatic carbocycles. The van der Waals surface area contributed by atoms with Crippen LogP contribution in [-0.2, 0) is 6.42 Å². The van der Waals surface area contributed by atoms with Crippen LogP contribution < -0.4 is 4.74 Å². The van der Waals surface area contributed by atoms with Crippen LogP contribution in [0.2, 0.25) is 0 Å². The molecule has 1 heterocycles. The molecule has 6 rings (SSSR count). The fraction of sp³-hybridized carbons (Fsp3) is 0.684. The van der Waals surface area contributed by atoms with Gasteiger partial charge in [-0.15, -0.1) is 0 Å². The second-order valence-electron chi connectivity index (χ2n) is 7.89. The summed E-state index contributed by atoms with van der Waals surface area (Å²) in [6.07, 6.45) is 7.62. The van der Waals surface area contributed by atoms with Gasteiger partial charge in [0.15, 0.2) is 0 Å². The Balaban J connectivity index is 1.49. The first-order valence-corrected chi connectivity index (χ1v) is 8.72. The predicted octanol–water partition coefficient (Wildman–Crippen LogP) is 3.73. The van der Waals surface area contributed by atoms with E-state index in [1.165, 1.54) is 37.7 Å². The predicted molar refractivity (Wildman–Crippen MR) is 81.1 cm³/mol. The summed E-state index contributed by atoms with van der Waals surface area (Å²) in [5.74, 6) is 4.93. The van der Waals surface area contributed by atoms with Crippen LogP contribution in [0.1, 0.15) is 49.3 Å². The molecule has 0 amide bonds. The van der Waals surface area contributed by atoms with Gasteiger partial charge in [0, 0.05) is 12.0 Å². The molecule has 4 bridgehead atoms. The van der Waals surface area contributed by atoms with Gasteiger partial charge >= 0.3 is 0 Å². The Bertz CT molecular complexity index is 537. The molecule has 5 aliphatic rings. The van der Waals surface area contributed by atoms with Crippen LogP contribution in [0.25, 0.3) is 0 Å². The first kappa shape index (κ1) is 12.5. The van der Waals surface area contributed by atoms with Gasteiger partial charge in [0.25, 0.3) is 0 Å². The minimum atomic E-state index is -0.312. The highest BCUT2D eigenvalue weighted by atomic mass is 16.5. The molecule has 0 radical (unpaired) electrons. The maximum atomic E-state index is 11.1. The number of para-hydroxylation sites is 1. The van der Waals surface area contributed by atoms with Gasteiger partial charge in [0.1, 0.15) is 5.75 Å². The van der Waals surface area contributed by atoms with Crippen molar-refractivity contribution in [3.05, 3.63) is 29.3 Å². The average molecular weight is 284 g/mol. The van der Waals surface area contributed by atoms with E-state index in [1.54, 1.807) is 0 Å². The molecule has 112 valence electrons. The second-order valence-corrected chi connectivity index (χ2v) is 7.89. The normalized spacial score (nSPS) is 40.9. The summed E-state index contributed by atoms with van der Waals surface area (Å²) in [4.78, 5) is 0. The van der Waals surface area contributed by atoms with Crippen molar-refractivity contribution in [1.82, 2.24) is 0 Å². The number of benzene rings is 1. The quantitative estimate of drug-likeness (QED) is 0.896. The number of rotatable bonds is 2. The molecule has 21 heavy (non-hydrogen) atoms. The maximum absolute atomic E-state index is 11.1. The number of hydrogen-bond donors (Lipinski definition) is 1. The summed E-state index contributed by atoms with van der Waals surface area (Å²) in [5.41, 5.74) is 2.36. The van der Waals surface area contributed by atoms with Gasteiger partial charge in [0.05, 0.1) is 12.7 Å². The number of hydrogen-bond acceptors (Lipinski definition) is 2. The molecule has 0 saturated heterocycles. The van der Waals surface area contributed by atoms with Crippen LogP contribution in [0.4, 0.5) is 0 Å². The molecule has 4 fully saturated rings. The molecule has 1 unspecified atom stereocenters. The van der Waals surface area contributed by atoms with Crippen LogP contribution in [0.15, 0.2) is 18.2 Å². The topological polar surface area (TPSA) is 29.5 Å². The lowest BCUT2D eigenvalue weighted by molar-refractivity contribution is -0.0912. The van der Waals surface area contributed by atoms with Crippen LogP contribution in [0, 0.1) is 29.6 Å². The lowest BCUT2D eigenvalue weighted by Crippen LogP contribution is -2.47. The summed E-state index contributed by atoms with van der Waals surface area (Å²) in [6.45, 7) is 0.779. The first-order chi connectivity index (χ1) is 10.3. The van der Waals surface area contributed by atoms with Crippen molar-refractivity contribution in [3.8, 4) is 5.75 Å². The van der Waals surface area contributed by atoms with Crippen molar-refractivity contribution in [2.75, 3.05) is 6.61 Å². The smallest absolute Gasteiger partial charge is 0.128 e. The van der Waals surface area contributed by atoms with Gasteiger partial charge in [-0.25, -0.2) is 0 Å². The van der Waals surface area contributed by atoms with Crippen molar-refractivity contribution in [2.24, 2.45) is 29.6 Å². The van der Waals surface area contributed by atoms with Crippen LogP contribution in [-0.4, -0.2) is 11.7 Å². The Morgan fingerprint density at radius 2 is 1.71 bits per heavy atom. The zero-order valence-electron chi connectivity index (χ0n) is 12.5. The standard InChI is InChI=1S/C19H24O2/c20-18(16-3-1-2-13-4-5-21-19(13)16)17-14-7-11-6-12(9-14)10-15(17)8-11/h1-3,11-12,14-15,17-18,20H,4-10H2. The molecular formula is C19H24O2. The van der Waals surface area contributed by atoms with Gasteiger partial charge < -0.3 is 9.84 Å². The fourth-order valence-electron chi connectivity index (χ4n) is 6.16. The van der Waals surface area contributed by atoms with E-state index in [-0.39, 0.29) is 6.10 Å². The monoisotopic (exact) mass is 284 g/mol. The van der Waals surface area contributed by atoms with Gasteiger partial charge in [-0.3, -0.25) is 0 Å². The van der Waals surface area contributed by atoms with E-state index in [9.17, 15) is 5.11 Å². The van der Waals surface area contributed by atoms with Crippen LogP contribution in [0.5, 0.6) is 5.75 Å². The van der Waals surface area contributed by atoms with E-state index in [0.29, 0.717) is 5.92 Å². The summed E-state index contributed by atoms with van der Waals surface area (Å²) in [6, 6.07) is 6.34.